The molecule has 0 amide bonds. The van der Waals surface area contributed by atoms with Crippen LogP contribution in [0.5, 0.6) is 0 Å². The number of nitrogens with two attached hydrogens (primary N) is 1. The lowest BCUT2D eigenvalue weighted by molar-refractivity contribution is 0.519. The van der Waals surface area contributed by atoms with Gasteiger partial charge in [-0.1, -0.05) is 6.07 Å². The molecule has 0 saturated heterocycles. The summed E-state index contributed by atoms with van der Waals surface area (Å²) in [5, 5.41) is 0. The zero-order valence-corrected chi connectivity index (χ0v) is 14.4. The van der Waals surface area contributed by atoms with Crippen molar-refractivity contribution in [2.24, 2.45) is 11.7 Å². The summed E-state index contributed by atoms with van der Waals surface area (Å²) in [6, 6.07) is 5.30. The van der Waals surface area contributed by atoms with E-state index in [9.17, 15) is 8.42 Å². The molecule has 1 aliphatic carbocycles. The van der Waals surface area contributed by atoms with E-state index in [1.54, 1.807) is 12.1 Å². The van der Waals surface area contributed by atoms with Gasteiger partial charge in [0.05, 0.1) is 4.90 Å². The first-order valence-electron chi connectivity index (χ1n) is 7.58. The average Bonchev–Trinajstić information content (AvgIpc) is 3.29. The molecule has 1 atom stereocenters. The number of nitrogens with one attached hydrogen (secondary N) is 1. The second kappa shape index (κ2) is 6.74. The summed E-state index contributed by atoms with van der Waals surface area (Å²) in [4.78, 5) is 2.47. The first kappa shape index (κ1) is 17.5. The summed E-state index contributed by atoms with van der Waals surface area (Å²) in [7, 11) is -1.48. The second-order valence-electron chi connectivity index (χ2n) is 6.12. The fourth-order valence-corrected chi connectivity index (χ4v) is 4.34. The Labute approximate surface area is 138 Å². The Bertz CT molecular complexity index is 632. The molecular weight excluding hydrogens is 322 g/mol. The van der Waals surface area contributed by atoms with Crippen LogP contribution in [0.4, 0.5) is 5.69 Å². The Morgan fingerprint density at radius 1 is 1.41 bits per heavy atom. The van der Waals surface area contributed by atoms with Gasteiger partial charge in [-0.3, -0.25) is 0 Å². The summed E-state index contributed by atoms with van der Waals surface area (Å²) in [5.74, 6) is 0.407. The van der Waals surface area contributed by atoms with Crippen molar-refractivity contribution in [3.8, 4) is 0 Å². The van der Waals surface area contributed by atoms with Crippen LogP contribution in [-0.2, 0) is 16.4 Å². The van der Waals surface area contributed by atoms with E-state index in [1.807, 2.05) is 13.1 Å². The van der Waals surface area contributed by atoms with Gasteiger partial charge in [-0.05, 0) is 49.3 Å². The lowest BCUT2D eigenvalue weighted by atomic mass is 10.0. The monoisotopic (exact) mass is 345 g/mol. The summed E-state index contributed by atoms with van der Waals surface area (Å²) in [6.07, 6.45) is 4.26. The van der Waals surface area contributed by atoms with E-state index in [1.165, 1.54) is 5.56 Å². The van der Waals surface area contributed by atoms with Crippen LogP contribution in [0, 0.1) is 5.92 Å². The van der Waals surface area contributed by atoms with Crippen molar-refractivity contribution in [3.63, 3.8) is 0 Å². The molecule has 2 aliphatic rings. The number of hydrogen-bond donors (Lipinski definition) is 2. The Kier molecular flexibility index (Phi) is 5.37. The number of rotatable bonds is 5. The third-order valence-electron chi connectivity index (χ3n) is 4.47. The molecule has 1 aliphatic heterocycles. The standard InChI is InChI=1S/C15H23N3O2S.ClH/c1-18-8-2-3-12-6-7-13(9-15(12)18)21(19,20)17-14(10-16)11-4-5-11;/h6-7,9,11,14,17H,2-5,8,10,16H2,1H3;1H. The van der Waals surface area contributed by atoms with Crippen molar-refractivity contribution in [2.45, 2.75) is 36.6 Å². The predicted molar refractivity (Wildman–Crippen MR) is 91.2 cm³/mol. The highest BCUT2D eigenvalue weighted by Gasteiger charge is 2.33. The van der Waals surface area contributed by atoms with Gasteiger partial charge >= 0.3 is 0 Å². The normalized spacial score (nSPS) is 19.3. The Morgan fingerprint density at radius 2 is 2.14 bits per heavy atom. The van der Waals surface area contributed by atoms with Crippen LogP contribution in [0.15, 0.2) is 23.1 Å². The van der Waals surface area contributed by atoms with E-state index in [-0.39, 0.29) is 18.4 Å². The summed E-state index contributed by atoms with van der Waals surface area (Å²) < 4.78 is 27.9. The molecule has 1 aromatic carbocycles. The molecule has 0 radical (unpaired) electrons. The third kappa shape index (κ3) is 3.56. The molecule has 1 saturated carbocycles. The molecule has 1 heterocycles. The lowest BCUT2D eigenvalue weighted by Gasteiger charge is -2.28. The second-order valence-corrected chi connectivity index (χ2v) is 7.83. The van der Waals surface area contributed by atoms with Gasteiger partial charge in [-0.15, -0.1) is 12.4 Å². The highest BCUT2D eigenvalue weighted by Crippen LogP contribution is 2.33. The van der Waals surface area contributed by atoms with Gasteiger partial charge in [0.15, 0.2) is 0 Å². The molecule has 0 spiro atoms. The molecule has 124 valence electrons. The molecule has 5 nitrogen and oxygen atoms in total. The quantitative estimate of drug-likeness (QED) is 0.848. The van der Waals surface area contributed by atoms with Crippen LogP contribution in [0.1, 0.15) is 24.8 Å². The first-order valence-corrected chi connectivity index (χ1v) is 9.06. The number of nitrogens with zero attached hydrogens (tertiary/aromatic N) is 1. The minimum Gasteiger partial charge on any atom is -0.374 e. The van der Waals surface area contributed by atoms with E-state index < -0.39 is 10.0 Å². The van der Waals surface area contributed by atoms with Gasteiger partial charge in [0, 0.05) is 31.9 Å². The molecule has 3 N–H and O–H groups in total. The number of hydrogen-bond acceptors (Lipinski definition) is 4. The summed E-state index contributed by atoms with van der Waals surface area (Å²) in [6.45, 7) is 1.33. The molecule has 1 aromatic rings. The topological polar surface area (TPSA) is 75.4 Å². The Morgan fingerprint density at radius 3 is 2.77 bits per heavy atom. The van der Waals surface area contributed by atoms with Crippen molar-refractivity contribution in [2.75, 3.05) is 25.0 Å². The van der Waals surface area contributed by atoms with Gasteiger partial charge in [-0.25, -0.2) is 13.1 Å². The molecule has 7 heteroatoms. The van der Waals surface area contributed by atoms with E-state index >= 15 is 0 Å². The van der Waals surface area contributed by atoms with Gasteiger partial charge in [0.2, 0.25) is 10.0 Å². The summed E-state index contributed by atoms with van der Waals surface area (Å²) in [5.41, 5.74) is 7.95. The number of benzene rings is 1. The molecule has 0 aromatic heterocycles. The smallest absolute Gasteiger partial charge is 0.240 e. The number of aryl methyl sites for hydroxylation is 1. The highest BCUT2D eigenvalue weighted by atomic mass is 35.5. The van der Waals surface area contributed by atoms with Crippen LogP contribution < -0.4 is 15.4 Å². The predicted octanol–water partition coefficient (Wildman–Crippen LogP) is 1.51. The van der Waals surface area contributed by atoms with Crippen molar-refractivity contribution in [1.82, 2.24) is 4.72 Å². The minimum absolute atomic E-state index is 0. The lowest BCUT2D eigenvalue weighted by Crippen LogP contribution is -2.41. The Hall–Kier alpha value is -0.820. The van der Waals surface area contributed by atoms with Gasteiger partial charge in [-0.2, -0.15) is 0 Å². The number of fused-ring (bicyclic) bond motifs is 1. The molecule has 22 heavy (non-hydrogen) atoms. The highest BCUT2D eigenvalue weighted by molar-refractivity contribution is 7.89. The van der Waals surface area contributed by atoms with Crippen molar-refractivity contribution >= 4 is 28.1 Å². The molecule has 1 unspecified atom stereocenters. The number of anilines is 1. The van der Waals surface area contributed by atoms with Crippen molar-refractivity contribution in [1.29, 1.82) is 0 Å². The third-order valence-corrected chi connectivity index (χ3v) is 5.96. The maximum absolute atomic E-state index is 12.5. The molecular formula is C15H24ClN3O2S. The van der Waals surface area contributed by atoms with E-state index in [4.69, 9.17) is 5.73 Å². The minimum atomic E-state index is -3.49. The van der Waals surface area contributed by atoms with Crippen LogP contribution in [0.3, 0.4) is 0 Å². The van der Waals surface area contributed by atoms with Crippen LogP contribution in [-0.4, -0.2) is 34.6 Å². The van der Waals surface area contributed by atoms with Gasteiger partial charge in [0.1, 0.15) is 0 Å². The molecule has 3 rings (SSSR count). The number of sulfonamides is 1. The van der Waals surface area contributed by atoms with Crippen LogP contribution in [0.2, 0.25) is 0 Å². The van der Waals surface area contributed by atoms with Crippen LogP contribution in [0.25, 0.3) is 0 Å². The Balaban J connectivity index is 0.00000176. The van der Waals surface area contributed by atoms with Crippen molar-refractivity contribution in [3.05, 3.63) is 23.8 Å². The number of halogens is 1. The van der Waals surface area contributed by atoms with E-state index in [0.29, 0.717) is 17.4 Å². The van der Waals surface area contributed by atoms with Crippen molar-refractivity contribution < 1.29 is 8.42 Å². The zero-order chi connectivity index (χ0) is 15.0. The average molecular weight is 346 g/mol. The van der Waals surface area contributed by atoms with Crippen LogP contribution >= 0.6 is 12.4 Å². The summed E-state index contributed by atoms with van der Waals surface area (Å²) >= 11 is 0. The fourth-order valence-electron chi connectivity index (χ4n) is 3.01. The van der Waals surface area contributed by atoms with Gasteiger partial charge in [0.25, 0.3) is 0 Å². The van der Waals surface area contributed by atoms with E-state index in [0.717, 1.165) is 37.9 Å². The zero-order valence-electron chi connectivity index (χ0n) is 12.8. The largest absolute Gasteiger partial charge is 0.374 e. The maximum Gasteiger partial charge on any atom is 0.240 e. The fraction of sp³-hybridized carbons (Fsp3) is 0.600. The first-order chi connectivity index (χ1) is 10.0. The maximum atomic E-state index is 12.5. The molecule has 1 fully saturated rings. The molecule has 0 bridgehead atoms. The SMILES string of the molecule is CN1CCCc2ccc(S(=O)(=O)NC(CN)C3CC3)cc21.Cl. The van der Waals surface area contributed by atoms with Gasteiger partial charge < -0.3 is 10.6 Å². The van der Waals surface area contributed by atoms with E-state index in [2.05, 4.69) is 9.62 Å².